The number of fused-ring (bicyclic) bond motifs is 2. The Balaban J connectivity index is 1.51. The summed E-state index contributed by atoms with van der Waals surface area (Å²) in [5.41, 5.74) is -1.73. The second-order valence-corrected chi connectivity index (χ2v) is 11.2. The SMILES string of the molecule is CCCCCCCCCCCCCCCCCCn1c2nc(=O)n(CCCC)c(=O)c-2cc2c(=O)[nH]c(=O)[nH]c21. The molecule has 0 saturated heterocycles. The van der Waals surface area contributed by atoms with Crippen molar-refractivity contribution in [1.82, 2.24) is 24.1 Å². The zero-order valence-electron chi connectivity index (χ0n) is 24.7. The summed E-state index contributed by atoms with van der Waals surface area (Å²) >= 11 is 0. The second-order valence-electron chi connectivity index (χ2n) is 11.2. The van der Waals surface area contributed by atoms with Gasteiger partial charge in [-0.15, -0.1) is 0 Å². The fraction of sp³-hybridized carbons (Fsp3) is 0.710. The van der Waals surface area contributed by atoms with E-state index in [1.165, 1.54) is 89.5 Å². The fourth-order valence-electron chi connectivity index (χ4n) is 5.50. The van der Waals surface area contributed by atoms with Crippen molar-refractivity contribution in [2.45, 2.75) is 143 Å². The van der Waals surface area contributed by atoms with Gasteiger partial charge in [-0.25, -0.2) is 9.59 Å². The van der Waals surface area contributed by atoms with Crippen LogP contribution in [0.2, 0.25) is 0 Å². The highest BCUT2D eigenvalue weighted by molar-refractivity contribution is 5.81. The Labute approximate surface area is 236 Å². The third kappa shape index (κ3) is 9.03. The number of unbranched alkanes of at least 4 members (excludes halogenated alkanes) is 16. The van der Waals surface area contributed by atoms with E-state index in [-0.39, 0.29) is 23.3 Å². The molecule has 222 valence electrons. The zero-order chi connectivity index (χ0) is 28.7. The molecule has 0 unspecified atom stereocenters. The van der Waals surface area contributed by atoms with E-state index >= 15 is 0 Å². The second kappa shape index (κ2) is 17.0. The lowest BCUT2D eigenvalue weighted by atomic mass is 10.0. The van der Waals surface area contributed by atoms with Crippen molar-refractivity contribution in [2.24, 2.45) is 0 Å². The average molecular weight is 556 g/mol. The molecule has 9 nitrogen and oxygen atoms in total. The minimum Gasteiger partial charge on any atom is -0.311 e. The molecule has 3 rings (SSSR count). The number of hydrogen-bond donors (Lipinski definition) is 2. The number of pyridine rings is 1. The van der Waals surface area contributed by atoms with Gasteiger partial charge in [0, 0.05) is 13.1 Å². The van der Waals surface area contributed by atoms with E-state index in [0.29, 0.717) is 18.6 Å². The van der Waals surface area contributed by atoms with Gasteiger partial charge >= 0.3 is 11.4 Å². The Morgan fingerprint density at radius 3 is 1.68 bits per heavy atom. The van der Waals surface area contributed by atoms with E-state index in [1.54, 1.807) is 4.57 Å². The van der Waals surface area contributed by atoms with Gasteiger partial charge in [0.2, 0.25) is 0 Å². The maximum Gasteiger partial charge on any atom is 0.352 e. The highest BCUT2D eigenvalue weighted by Gasteiger charge is 2.21. The molecule has 1 aromatic heterocycles. The summed E-state index contributed by atoms with van der Waals surface area (Å²) in [6, 6.07) is 1.45. The Hall–Kier alpha value is -2.97. The highest BCUT2D eigenvalue weighted by atomic mass is 16.2. The molecular weight excluding hydrogens is 506 g/mol. The van der Waals surface area contributed by atoms with Crippen molar-refractivity contribution in [2.75, 3.05) is 0 Å². The third-order valence-electron chi connectivity index (χ3n) is 7.89. The first-order chi connectivity index (χ1) is 19.5. The summed E-state index contributed by atoms with van der Waals surface area (Å²) in [4.78, 5) is 59.7. The Morgan fingerprint density at radius 2 is 1.12 bits per heavy atom. The topological polar surface area (TPSA) is 123 Å². The molecule has 0 spiro atoms. The van der Waals surface area contributed by atoms with E-state index in [4.69, 9.17) is 0 Å². The molecule has 0 saturated carbocycles. The summed E-state index contributed by atoms with van der Waals surface area (Å²) in [6.07, 6.45) is 21.7. The van der Waals surface area contributed by atoms with E-state index < -0.39 is 22.5 Å². The predicted octanol–water partition coefficient (Wildman–Crippen LogP) is 6.10. The van der Waals surface area contributed by atoms with Crippen LogP contribution in [0.1, 0.15) is 129 Å². The Kier molecular flexibility index (Phi) is 13.4. The monoisotopic (exact) mass is 555 g/mol. The van der Waals surface area contributed by atoms with Gasteiger partial charge in [-0.3, -0.25) is 24.1 Å². The molecule has 0 radical (unpaired) electrons. The summed E-state index contributed by atoms with van der Waals surface area (Å²) in [7, 11) is 0. The molecular formula is C31H49N5O4. The van der Waals surface area contributed by atoms with Crippen LogP contribution in [-0.2, 0) is 13.1 Å². The summed E-state index contributed by atoms with van der Waals surface area (Å²) in [5, 5.41) is 0.211. The van der Waals surface area contributed by atoms with E-state index in [0.717, 1.165) is 30.3 Å². The number of H-pyrrole nitrogens is 2. The average Bonchev–Trinajstić information content (AvgIpc) is 2.93. The van der Waals surface area contributed by atoms with Gasteiger partial charge in [-0.2, -0.15) is 4.98 Å². The van der Waals surface area contributed by atoms with Gasteiger partial charge in [-0.1, -0.05) is 117 Å². The first kappa shape index (κ1) is 31.6. The number of aromatic amines is 2. The standard InChI is InChI=1S/C31H49N5O4/c1-3-5-7-8-9-10-11-12-13-14-15-16-17-18-19-20-22-35-26-24(28(37)34-30(39)32-26)23-25-27(35)33-31(40)36(29(25)38)21-6-4-2/h23H,3-22H2,1-2H3,(H2,32,34,37,39). The molecule has 0 aromatic carbocycles. The van der Waals surface area contributed by atoms with Gasteiger partial charge in [-0.05, 0) is 18.9 Å². The molecule has 0 amide bonds. The van der Waals surface area contributed by atoms with Crippen LogP contribution in [-0.4, -0.2) is 24.1 Å². The number of aromatic nitrogens is 5. The molecule has 3 heterocycles. The lowest BCUT2D eigenvalue weighted by Crippen LogP contribution is -2.38. The van der Waals surface area contributed by atoms with Crippen LogP contribution >= 0.6 is 0 Å². The highest BCUT2D eigenvalue weighted by Crippen LogP contribution is 2.21. The number of nitrogens with zero attached hydrogens (tertiary/aromatic N) is 3. The molecule has 0 bridgehead atoms. The number of hydrogen-bond acceptors (Lipinski definition) is 5. The Bertz CT molecular complexity index is 1380. The Morgan fingerprint density at radius 1 is 0.625 bits per heavy atom. The first-order valence-corrected chi connectivity index (χ1v) is 15.8. The molecule has 9 heteroatoms. The number of rotatable bonds is 20. The minimum absolute atomic E-state index is 0.211. The van der Waals surface area contributed by atoms with Crippen LogP contribution in [0.15, 0.2) is 25.2 Å². The van der Waals surface area contributed by atoms with Crippen molar-refractivity contribution in [3.63, 3.8) is 0 Å². The zero-order valence-corrected chi connectivity index (χ0v) is 24.7. The molecule has 1 aromatic rings. The van der Waals surface area contributed by atoms with Gasteiger partial charge in [0.25, 0.3) is 11.1 Å². The molecule has 2 aliphatic rings. The van der Waals surface area contributed by atoms with Crippen LogP contribution in [0, 0.1) is 0 Å². The molecule has 2 N–H and O–H groups in total. The van der Waals surface area contributed by atoms with Crippen LogP contribution in [0.3, 0.4) is 0 Å². The number of nitrogens with one attached hydrogen (secondary N) is 2. The van der Waals surface area contributed by atoms with Gasteiger partial charge in [0.05, 0.1) is 10.9 Å². The maximum atomic E-state index is 13.2. The third-order valence-corrected chi connectivity index (χ3v) is 7.89. The van der Waals surface area contributed by atoms with Crippen molar-refractivity contribution in [3.05, 3.63) is 47.7 Å². The minimum atomic E-state index is -0.629. The van der Waals surface area contributed by atoms with Gasteiger partial charge in [0.1, 0.15) is 5.65 Å². The maximum absolute atomic E-state index is 13.2. The molecule has 2 aliphatic heterocycles. The van der Waals surface area contributed by atoms with Crippen molar-refractivity contribution in [1.29, 1.82) is 0 Å². The van der Waals surface area contributed by atoms with Gasteiger partial charge in [0.15, 0.2) is 5.82 Å². The van der Waals surface area contributed by atoms with Crippen LogP contribution in [0.5, 0.6) is 0 Å². The van der Waals surface area contributed by atoms with E-state index in [1.807, 2.05) is 6.92 Å². The normalized spacial score (nSPS) is 11.7. The molecule has 0 aliphatic carbocycles. The van der Waals surface area contributed by atoms with Crippen molar-refractivity contribution < 1.29 is 0 Å². The largest absolute Gasteiger partial charge is 0.352 e. The van der Waals surface area contributed by atoms with Crippen molar-refractivity contribution >= 4 is 11.0 Å². The van der Waals surface area contributed by atoms with Crippen LogP contribution < -0.4 is 22.5 Å². The van der Waals surface area contributed by atoms with Crippen LogP contribution in [0.25, 0.3) is 22.4 Å². The predicted molar refractivity (Wildman–Crippen MR) is 163 cm³/mol. The van der Waals surface area contributed by atoms with Gasteiger partial charge < -0.3 is 4.57 Å². The lowest BCUT2D eigenvalue weighted by Gasteiger charge is -2.18. The molecule has 40 heavy (non-hydrogen) atoms. The van der Waals surface area contributed by atoms with Crippen LogP contribution in [0.4, 0.5) is 0 Å². The smallest absolute Gasteiger partial charge is 0.311 e. The van der Waals surface area contributed by atoms with Crippen molar-refractivity contribution in [3.8, 4) is 11.4 Å². The molecule has 0 fully saturated rings. The summed E-state index contributed by atoms with van der Waals surface area (Å²) in [6.45, 7) is 4.99. The van der Waals surface area contributed by atoms with E-state index in [9.17, 15) is 19.2 Å². The number of aryl methyl sites for hydroxylation is 1. The van der Waals surface area contributed by atoms with E-state index in [2.05, 4.69) is 21.9 Å². The fourth-order valence-corrected chi connectivity index (χ4v) is 5.50. The quantitative estimate of drug-likeness (QED) is 0.129. The first-order valence-electron chi connectivity index (χ1n) is 15.8. The molecule has 0 atom stereocenters. The lowest BCUT2D eigenvalue weighted by molar-refractivity contribution is 0.521. The summed E-state index contributed by atoms with van der Waals surface area (Å²) < 4.78 is 2.80. The summed E-state index contributed by atoms with van der Waals surface area (Å²) in [5.74, 6) is 0.220.